The number of aryl methyl sites for hydroxylation is 1. The molecule has 1 heterocycles. The van der Waals surface area contributed by atoms with Crippen LogP contribution in [0.15, 0.2) is 18.2 Å². The largest absolute Gasteiger partial charge is 0.372 e. The molecule has 1 amide bonds. The van der Waals surface area contributed by atoms with Crippen LogP contribution in [-0.2, 0) is 4.79 Å². The van der Waals surface area contributed by atoms with Crippen molar-refractivity contribution in [1.29, 1.82) is 0 Å². The number of carbonyl (C=O) groups is 1. The van der Waals surface area contributed by atoms with Crippen LogP contribution in [-0.4, -0.2) is 18.0 Å². The van der Waals surface area contributed by atoms with Crippen molar-refractivity contribution < 1.29 is 4.79 Å². The summed E-state index contributed by atoms with van der Waals surface area (Å²) >= 11 is 0. The van der Waals surface area contributed by atoms with Crippen LogP contribution in [0, 0.1) is 6.92 Å². The van der Waals surface area contributed by atoms with Crippen molar-refractivity contribution in [3.63, 3.8) is 0 Å². The Morgan fingerprint density at radius 1 is 1.38 bits per heavy atom. The molecule has 1 atom stereocenters. The first-order chi connectivity index (χ1) is 7.52. The van der Waals surface area contributed by atoms with Gasteiger partial charge in [0.15, 0.2) is 0 Å². The van der Waals surface area contributed by atoms with Gasteiger partial charge in [0.05, 0.1) is 11.4 Å². The second kappa shape index (κ2) is 3.81. The van der Waals surface area contributed by atoms with E-state index in [4.69, 9.17) is 0 Å². The molecule has 0 radical (unpaired) electrons. The maximum absolute atomic E-state index is 12.1. The number of nitrogens with one attached hydrogen (secondary N) is 1. The molecular weight excluding hydrogens is 200 g/mol. The third-order valence-corrected chi connectivity index (χ3v) is 2.97. The zero-order valence-electron chi connectivity index (χ0n) is 10.2. The minimum atomic E-state index is -0.142. The summed E-state index contributed by atoms with van der Waals surface area (Å²) in [5, 5.41) is 3.24. The van der Waals surface area contributed by atoms with E-state index < -0.39 is 0 Å². The molecule has 0 saturated heterocycles. The number of benzene rings is 1. The maximum Gasteiger partial charge on any atom is 0.249 e. The van der Waals surface area contributed by atoms with Crippen LogP contribution in [0.25, 0.3) is 0 Å². The Labute approximate surface area is 96.5 Å². The lowest BCUT2D eigenvalue weighted by Crippen LogP contribution is -2.49. The second-order valence-corrected chi connectivity index (χ2v) is 4.64. The van der Waals surface area contributed by atoms with Crippen LogP contribution in [0.5, 0.6) is 0 Å². The van der Waals surface area contributed by atoms with E-state index in [0.29, 0.717) is 0 Å². The molecule has 0 spiro atoms. The Balaban J connectivity index is 2.58. The van der Waals surface area contributed by atoms with Crippen LogP contribution in [0.3, 0.4) is 0 Å². The highest BCUT2D eigenvalue weighted by Crippen LogP contribution is 2.35. The van der Waals surface area contributed by atoms with E-state index in [-0.39, 0.29) is 18.0 Å². The van der Waals surface area contributed by atoms with E-state index in [2.05, 4.69) is 5.32 Å². The third kappa shape index (κ3) is 1.56. The smallest absolute Gasteiger partial charge is 0.249 e. The minimum Gasteiger partial charge on any atom is -0.372 e. The average molecular weight is 218 g/mol. The van der Waals surface area contributed by atoms with E-state index in [1.165, 1.54) is 0 Å². The Morgan fingerprint density at radius 2 is 2.06 bits per heavy atom. The number of fused-ring (bicyclic) bond motifs is 1. The first-order valence-electron chi connectivity index (χ1n) is 5.71. The standard InChI is InChI=1S/C13H18N2O/c1-8(2)15-12-9(3)6-5-7-11(12)14-10(4)13(15)16/h5-8,10,14H,1-4H3. The molecule has 1 aliphatic heterocycles. The molecule has 16 heavy (non-hydrogen) atoms. The van der Waals surface area contributed by atoms with E-state index >= 15 is 0 Å². The fraction of sp³-hybridized carbons (Fsp3) is 0.462. The van der Waals surface area contributed by atoms with E-state index in [1.807, 2.05) is 50.8 Å². The Hall–Kier alpha value is -1.51. The monoisotopic (exact) mass is 218 g/mol. The second-order valence-electron chi connectivity index (χ2n) is 4.64. The maximum atomic E-state index is 12.1. The topological polar surface area (TPSA) is 32.3 Å². The van der Waals surface area contributed by atoms with Gasteiger partial charge in [0.2, 0.25) is 5.91 Å². The number of carbonyl (C=O) groups excluding carboxylic acids is 1. The molecule has 86 valence electrons. The molecule has 0 aromatic heterocycles. The lowest BCUT2D eigenvalue weighted by atomic mass is 10.0. The van der Waals surface area contributed by atoms with Gasteiger partial charge in [-0.05, 0) is 39.3 Å². The number of amides is 1. The van der Waals surface area contributed by atoms with Gasteiger partial charge in [0.25, 0.3) is 0 Å². The summed E-state index contributed by atoms with van der Waals surface area (Å²) < 4.78 is 0. The number of anilines is 2. The highest BCUT2D eigenvalue weighted by atomic mass is 16.2. The van der Waals surface area contributed by atoms with Crippen molar-refractivity contribution >= 4 is 17.3 Å². The zero-order valence-corrected chi connectivity index (χ0v) is 10.2. The predicted octanol–water partition coefficient (Wildman–Crippen LogP) is 2.55. The van der Waals surface area contributed by atoms with Crippen LogP contribution in [0.4, 0.5) is 11.4 Å². The fourth-order valence-corrected chi connectivity index (χ4v) is 2.22. The number of hydrogen-bond donors (Lipinski definition) is 1. The number of nitrogens with zero attached hydrogens (tertiary/aromatic N) is 1. The molecule has 1 aromatic carbocycles. The molecule has 2 rings (SSSR count). The molecule has 1 aliphatic rings. The Bertz CT molecular complexity index is 426. The van der Waals surface area contributed by atoms with Crippen LogP contribution >= 0.6 is 0 Å². The van der Waals surface area contributed by atoms with Gasteiger partial charge in [-0.15, -0.1) is 0 Å². The van der Waals surface area contributed by atoms with Gasteiger partial charge < -0.3 is 10.2 Å². The van der Waals surface area contributed by atoms with Crippen molar-refractivity contribution in [2.45, 2.75) is 39.8 Å². The summed E-state index contributed by atoms with van der Waals surface area (Å²) in [6.07, 6.45) is 0. The molecule has 3 heteroatoms. The summed E-state index contributed by atoms with van der Waals surface area (Å²) in [4.78, 5) is 14.0. The van der Waals surface area contributed by atoms with Gasteiger partial charge in [-0.3, -0.25) is 4.79 Å². The van der Waals surface area contributed by atoms with Crippen LogP contribution in [0.2, 0.25) is 0 Å². The van der Waals surface area contributed by atoms with E-state index in [1.54, 1.807) is 0 Å². The highest BCUT2D eigenvalue weighted by molar-refractivity contribution is 6.05. The minimum absolute atomic E-state index is 0.142. The molecule has 1 N–H and O–H groups in total. The van der Waals surface area contributed by atoms with Crippen molar-refractivity contribution in [2.75, 3.05) is 10.2 Å². The Morgan fingerprint density at radius 3 is 2.69 bits per heavy atom. The first kappa shape index (κ1) is 11.0. The summed E-state index contributed by atoms with van der Waals surface area (Å²) in [7, 11) is 0. The van der Waals surface area contributed by atoms with Gasteiger partial charge in [-0.25, -0.2) is 0 Å². The summed E-state index contributed by atoms with van der Waals surface area (Å²) in [6, 6.07) is 6.13. The van der Waals surface area contributed by atoms with Crippen LogP contribution in [0.1, 0.15) is 26.3 Å². The molecule has 0 bridgehead atoms. The lowest BCUT2D eigenvalue weighted by molar-refractivity contribution is -0.119. The molecule has 0 saturated carbocycles. The van der Waals surface area contributed by atoms with Gasteiger partial charge in [0.1, 0.15) is 6.04 Å². The molecule has 0 aliphatic carbocycles. The summed E-state index contributed by atoms with van der Waals surface area (Å²) in [6.45, 7) is 8.04. The number of rotatable bonds is 1. The molecule has 1 aromatic rings. The first-order valence-corrected chi connectivity index (χ1v) is 5.71. The van der Waals surface area contributed by atoms with Crippen molar-refractivity contribution in [2.24, 2.45) is 0 Å². The molecule has 3 nitrogen and oxygen atoms in total. The van der Waals surface area contributed by atoms with E-state index in [9.17, 15) is 4.79 Å². The normalized spacial score (nSPS) is 19.7. The third-order valence-electron chi connectivity index (χ3n) is 2.97. The lowest BCUT2D eigenvalue weighted by Gasteiger charge is -2.37. The summed E-state index contributed by atoms with van der Waals surface area (Å²) in [5.41, 5.74) is 3.22. The molecule has 0 fully saturated rings. The predicted molar refractivity (Wildman–Crippen MR) is 66.9 cm³/mol. The van der Waals surface area contributed by atoms with Crippen molar-refractivity contribution in [3.05, 3.63) is 23.8 Å². The van der Waals surface area contributed by atoms with Gasteiger partial charge in [-0.2, -0.15) is 0 Å². The van der Waals surface area contributed by atoms with Crippen molar-refractivity contribution in [3.8, 4) is 0 Å². The Kier molecular flexibility index (Phi) is 2.62. The molecular formula is C13H18N2O. The fourth-order valence-electron chi connectivity index (χ4n) is 2.22. The summed E-state index contributed by atoms with van der Waals surface area (Å²) in [5.74, 6) is 0.150. The van der Waals surface area contributed by atoms with Gasteiger partial charge in [-0.1, -0.05) is 12.1 Å². The van der Waals surface area contributed by atoms with Gasteiger partial charge in [0, 0.05) is 6.04 Å². The average Bonchev–Trinajstić information content (AvgIpc) is 2.20. The highest BCUT2D eigenvalue weighted by Gasteiger charge is 2.31. The quantitative estimate of drug-likeness (QED) is 0.785. The van der Waals surface area contributed by atoms with Crippen LogP contribution < -0.4 is 10.2 Å². The van der Waals surface area contributed by atoms with E-state index in [0.717, 1.165) is 16.9 Å². The number of para-hydroxylation sites is 1. The SMILES string of the molecule is Cc1cccc2c1N(C(C)C)C(=O)C(C)N2. The number of hydrogen-bond acceptors (Lipinski definition) is 2. The van der Waals surface area contributed by atoms with Crippen molar-refractivity contribution in [1.82, 2.24) is 0 Å². The van der Waals surface area contributed by atoms with Gasteiger partial charge >= 0.3 is 0 Å². The zero-order chi connectivity index (χ0) is 11.9. The molecule has 1 unspecified atom stereocenters.